The maximum atomic E-state index is 10.9. The van der Waals surface area contributed by atoms with Gasteiger partial charge in [-0.15, -0.1) is 0 Å². The highest BCUT2D eigenvalue weighted by atomic mass is 16.5. The van der Waals surface area contributed by atoms with Gasteiger partial charge in [-0.2, -0.15) is 0 Å². The number of hydrogen-bond donors (Lipinski definition) is 2. The Kier molecular flexibility index (Phi) is 7.83. The number of hydrogen-bond acceptors (Lipinski definition) is 3. The lowest BCUT2D eigenvalue weighted by molar-refractivity contribution is 0.0696. The molecule has 118 valence electrons. The SMILES string of the molecule is CC(C)CCCC(C)NCCOc1cccc(C(=O)O)c1. The molecule has 0 amide bonds. The molecule has 0 fully saturated rings. The molecule has 0 radical (unpaired) electrons. The van der Waals surface area contributed by atoms with Crippen LogP contribution >= 0.6 is 0 Å². The summed E-state index contributed by atoms with van der Waals surface area (Å²) in [5.74, 6) is 0.434. The van der Waals surface area contributed by atoms with Crippen LogP contribution in [0, 0.1) is 5.92 Å². The molecule has 1 unspecified atom stereocenters. The third-order valence-corrected chi connectivity index (χ3v) is 3.36. The number of carboxylic acid groups (broad SMARTS) is 1. The molecule has 21 heavy (non-hydrogen) atoms. The molecule has 0 saturated heterocycles. The Hall–Kier alpha value is -1.55. The number of benzene rings is 1. The molecule has 0 bridgehead atoms. The van der Waals surface area contributed by atoms with Crippen LogP contribution in [0.3, 0.4) is 0 Å². The normalized spacial score (nSPS) is 12.4. The fourth-order valence-electron chi connectivity index (χ4n) is 2.13. The summed E-state index contributed by atoms with van der Waals surface area (Å²) in [5, 5.41) is 12.3. The van der Waals surface area contributed by atoms with Crippen LogP contribution in [0.15, 0.2) is 24.3 Å². The Morgan fingerprint density at radius 2 is 2.05 bits per heavy atom. The van der Waals surface area contributed by atoms with Gasteiger partial charge >= 0.3 is 5.97 Å². The molecule has 0 aliphatic carbocycles. The van der Waals surface area contributed by atoms with Crippen molar-refractivity contribution in [2.24, 2.45) is 5.92 Å². The third-order valence-electron chi connectivity index (χ3n) is 3.36. The second-order valence-electron chi connectivity index (χ2n) is 5.86. The van der Waals surface area contributed by atoms with Crippen LogP contribution in [0.2, 0.25) is 0 Å². The van der Waals surface area contributed by atoms with Crippen molar-refractivity contribution >= 4 is 5.97 Å². The van der Waals surface area contributed by atoms with Crippen LogP contribution in [-0.2, 0) is 0 Å². The molecule has 0 aliphatic rings. The lowest BCUT2D eigenvalue weighted by Crippen LogP contribution is -2.30. The van der Waals surface area contributed by atoms with Crippen molar-refractivity contribution in [2.45, 2.75) is 46.1 Å². The number of carbonyl (C=O) groups is 1. The predicted octanol–water partition coefficient (Wildman–Crippen LogP) is 3.57. The van der Waals surface area contributed by atoms with Gasteiger partial charge in [0, 0.05) is 12.6 Å². The van der Waals surface area contributed by atoms with E-state index in [9.17, 15) is 4.79 Å². The lowest BCUT2D eigenvalue weighted by Gasteiger charge is -2.15. The first-order valence-electron chi connectivity index (χ1n) is 7.68. The molecule has 4 heteroatoms. The Morgan fingerprint density at radius 1 is 1.29 bits per heavy atom. The minimum Gasteiger partial charge on any atom is -0.492 e. The molecule has 0 heterocycles. The second kappa shape index (κ2) is 9.40. The maximum absolute atomic E-state index is 10.9. The maximum Gasteiger partial charge on any atom is 0.335 e. The second-order valence-corrected chi connectivity index (χ2v) is 5.86. The molecule has 0 aromatic heterocycles. The van der Waals surface area contributed by atoms with Gasteiger partial charge in [-0.3, -0.25) is 0 Å². The molecule has 1 aromatic rings. The van der Waals surface area contributed by atoms with Crippen molar-refractivity contribution in [3.63, 3.8) is 0 Å². The van der Waals surface area contributed by atoms with E-state index >= 15 is 0 Å². The topological polar surface area (TPSA) is 58.6 Å². The molecule has 2 N–H and O–H groups in total. The Balaban J connectivity index is 2.19. The quantitative estimate of drug-likeness (QED) is 0.647. The van der Waals surface area contributed by atoms with Crippen molar-refractivity contribution in [1.82, 2.24) is 5.32 Å². The first kappa shape index (κ1) is 17.5. The van der Waals surface area contributed by atoms with Gasteiger partial charge in [0.2, 0.25) is 0 Å². The summed E-state index contributed by atoms with van der Waals surface area (Å²) in [6.45, 7) is 7.98. The molecule has 1 aromatic carbocycles. The van der Waals surface area contributed by atoms with Gasteiger partial charge in [0.15, 0.2) is 0 Å². The van der Waals surface area contributed by atoms with E-state index in [0.717, 1.165) is 12.5 Å². The summed E-state index contributed by atoms with van der Waals surface area (Å²) in [6, 6.07) is 7.07. The smallest absolute Gasteiger partial charge is 0.335 e. The van der Waals surface area contributed by atoms with E-state index in [4.69, 9.17) is 9.84 Å². The molecule has 0 spiro atoms. The molecule has 1 rings (SSSR count). The molecular weight excluding hydrogens is 266 g/mol. The summed E-state index contributed by atoms with van der Waals surface area (Å²) >= 11 is 0. The monoisotopic (exact) mass is 293 g/mol. The van der Waals surface area contributed by atoms with Gasteiger partial charge in [0.05, 0.1) is 5.56 Å². The van der Waals surface area contributed by atoms with Crippen LogP contribution in [0.5, 0.6) is 5.75 Å². The number of nitrogens with one attached hydrogen (secondary N) is 1. The zero-order valence-corrected chi connectivity index (χ0v) is 13.3. The van der Waals surface area contributed by atoms with Gasteiger partial charge < -0.3 is 15.2 Å². The first-order valence-corrected chi connectivity index (χ1v) is 7.68. The van der Waals surface area contributed by atoms with Gasteiger partial charge in [-0.05, 0) is 37.5 Å². The summed E-state index contributed by atoms with van der Waals surface area (Å²) < 4.78 is 5.56. The van der Waals surface area contributed by atoms with Crippen LogP contribution in [-0.4, -0.2) is 30.3 Å². The van der Waals surface area contributed by atoms with Gasteiger partial charge in [-0.25, -0.2) is 4.79 Å². The van der Waals surface area contributed by atoms with E-state index < -0.39 is 5.97 Å². The molecule has 0 saturated carbocycles. The van der Waals surface area contributed by atoms with Crippen LogP contribution in [0.1, 0.15) is 50.4 Å². The third kappa shape index (κ3) is 7.71. The zero-order chi connectivity index (χ0) is 15.7. The van der Waals surface area contributed by atoms with E-state index in [1.165, 1.54) is 19.3 Å². The fraction of sp³-hybridized carbons (Fsp3) is 0.588. The van der Waals surface area contributed by atoms with E-state index in [0.29, 0.717) is 18.4 Å². The molecule has 1 atom stereocenters. The van der Waals surface area contributed by atoms with Crippen molar-refractivity contribution in [3.8, 4) is 5.75 Å². The summed E-state index contributed by atoms with van der Waals surface area (Å²) in [5.41, 5.74) is 0.252. The highest BCUT2D eigenvalue weighted by molar-refractivity contribution is 5.87. The molecule has 4 nitrogen and oxygen atoms in total. The fourth-order valence-corrected chi connectivity index (χ4v) is 2.13. The van der Waals surface area contributed by atoms with Gasteiger partial charge in [-0.1, -0.05) is 32.8 Å². The summed E-state index contributed by atoms with van der Waals surface area (Å²) in [6.07, 6.45) is 3.69. The van der Waals surface area contributed by atoms with E-state index in [1.54, 1.807) is 24.3 Å². The predicted molar refractivity (Wildman–Crippen MR) is 85.1 cm³/mol. The van der Waals surface area contributed by atoms with Crippen molar-refractivity contribution in [3.05, 3.63) is 29.8 Å². The standard InChI is InChI=1S/C17H27NO3/c1-13(2)6-4-7-14(3)18-10-11-21-16-9-5-8-15(12-16)17(19)20/h5,8-9,12-14,18H,4,6-7,10-11H2,1-3H3,(H,19,20). The number of carboxylic acids is 1. The van der Waals surface area contributed by atoms with Crippen LogP contribution in [0.25, 0.3) is 0 Å². The molecule has 0 aliphatic heterocycles. The number of ether oxygens (including phenoxy) is 1. The Labute approximate surface area is 127 Å². The highest BCUT2D eigenvalue weighted by Gasteiger charge is 2.05. The summed E-state index contributed by atoms with van der Waals surface area (Å²) in [4.78, 5) is 10.9. The Bertz CT molecular complexity index is 432. The average molecular weight is 293 g/mol. The Morgan fingerprint density at radius 3 is 2.71 bits per heavy atom. The lowest BCUT2D eigenvalue weighted by atomic mass is 10.0. The van der Waals surface area contributed by atoms with E-state index in [2.05, 4.69) is 26.1 Å². The van der Waals surface area contributed by atoms with Crippen molar-refractivity contribution in [1.29, 1.82) is 0 Å². The zero-order valence-electron chi connectivity index (χ0n) is 13.3. The van der Waals surface area contributed by atoms with E-state index in [-0.39, 0.29) is 5.56 Å². The first-order chi connectivity index (χ1) is 9.99. The van der Waals surface area contributed by atoms with Crippen molar-refractivity contribution in [2.75, 3.05) is 13.2 Å². The van der Waals surface area contributed by atoms with Crippen LogP contribution in [0.4, 0.5) is 0 Å². The minimum absolute atomic E-state index is 0.252. The number of rotatable bonds is 10. The van der Waals surface area contributed by atoms with Gasteiger partial charge in [0.1, 0.15) is 12.4 Å². The van der Waals surface area contributed by atoms with Crippen LogP contribution < -0.4 is 10.1 Å². The average Bonchev–Trinajstić information content (AvgIpc) is 2.43. The largest absolute Gasteiger partial charge is 0.492 e. The van der Waals surface area contributed by atoms with E-state index in [1.807, 2.05) is 0 Å². The summed E-state index contributed by atoms with van der Waals surface area (Å²) in [7, 11) is 0. The minimum atomic E-state index is -0.933. The van der Waals surface area contributed by atoms with Gasteiger partial charge in [0.25, 0.3) is 0 Å². The number of aromatic carboxylic acids is 1. The van der Waals surface area contributed by atoms with Crippen molar-refractivity contribution < 1.29 is 14.6 Å². The molecular formula is C17H27NO3. The highest BCUT2D eigenvalue weighted by Crippen LogP contribution is 2.13.